The van der Waals surface area contributed by atoms with Crippen LogP contribution in [-0.2, 0) is 15.2 Å². The predicted molar refractivity (Wildman–Crippen MR) is 130 cm³/mol. The number of amides is 2. The first kappa shape index (κ1) is 21.3. The third kappa shape index (κ3) is 2.93. The highest BCUT2D eigenvalue weighted by Gasteiger charge is 2.67. The van der Waals surface area contributed by atoms with Gasteiger partial charge in [-0.15, -0.1) is 0 Å². The van der Waals surface area contributed by atoms with Crippen molar-refractivity contribution in [1.82, 2.24) is 0 Å². The Balaban J connectivity index is 1.65. The van der Waals surface area contributed by atoms with Gasteiger partial charge in [0.2, 0.25) is 11.8 Å². The number of fused-ring (bicyclic) bond motifs is 6. The number of carbonyl (C=O) groups is 3. The number of rotatable bonds is 1. The summed E-state index contributed by atoms with van der Waals surface area (Å²) in [6.45, 7) is 0. The molecule has 2 heterocycles. The van der Waals surface area contributed by atoms with Crippen molar-refractivity contribution in [3.8, 4) is 0 Å². The van der Waals surface area contributed by atoms with E-state index in [1.807, 2.05) is 24.3 Å². The van der Waals surface area contributed by atoms with Crippen LogP contribution in [0.5, 0.6) is 0 Å². The number of carbonyl (C=O) groups excluding carboxylic acids is 3. The lowest BCUT2D eigenvalue weighted by Crippen LogP contribution is -2.44. The standard InChI is InChI=1S/C27H21BrN2O4/c28-15-11-9-14(10-12-15)22-18-13-21(31)29-20-8-4-2-6-17(20)27(18,34)24-23(22)25(32)16-5-1-3-7-19(16)30-26(24)33/h1-12,18,22-24,34H,13H2,(H,29,31)(H,30,33). The second kappa shape index (κ2) is 7.61. The summed E-state index contributed by atoms with van der Waals surface area (Å²) in [6.07, 6.45) is -0.0128. The maximum absolute atomic E-state index is 14.1. The van der Waals surface area contributed by atoms with Crippen LogP contribution < -0.4 is 10.6 Å². The fourth-order valence-electron chi connectivity index (χ4n) is 6.23. The average molecular weight is 517 g/mol. The molecule has 2 amide bonds. The van der Waals surface area contributed by atoms with Crippen molar-refractivity contribution in [3.63, 3.8) is 0 Å². The lowest BCUT2D eigenvalue weighted by molar-refractivity contribution is -0.133. The van der Waals surface area contributed by atoms with E-state index in [1.165, 1.54) is 0 Å². The number of ketones is 1. The molecular formula is C27H21BrN2O4. The zero-order valence-corrected chi connectivity index (χ0v) is 19.6. The van der Waals surface area contributed by atoms with Gasteiger partial charge >= 0.3 is 0 Å². The Morgan fingerprint density at radius 1 is 0.824 bits per heavy atom. The van der Waals surface area contributed by atoms with E-state index in [9.17, 15) is 19.5 Å². The largest absolute Gasteiger partial charge is 0.384 e. The van der Waals surface area contributed by atoms with Crippen molar-refractivity contribution < 1.29 is 19.5 Å². The first-order chi connectivity index (χ1) is 16.4. The van der Waals surface area contributed by atoms with E-state index >= 15 is 0 Å². The Hall–Kier alpha value is -3.29. The molecular weight excluding hydrogens is 496 g/mol. The predicted octanol–water partition coefficient (Wildman–Crippen LogP) is 4.46. The first-order valence-corrected chi connectivity index (χ1v) is 12.0. The smallest absolute Gasteiger partial charge is 0.231 e. The second-order valence-electron chi connectivity index (χ2n) is 9.21. The molecule has 0 radical (unpaired) electrons. The molecule has 6 nitrogen and oxygen atoms in total. The average Bonchev–Trinajstić information content (AvgIpc) is 2.94. The molecule has 1 saturated carbocycles. The normalized spacial score (nSPS) is 29.5. The van der Waals surface area contributed by atoms with Gasteiger partial charge in [0, 0.05) is 45.5 Å². The van der Waals surface area contributed by atoms with E-state index in [2.05, 4.69) is 26.6 Å². The fourth-order valence-corrected chi connectivity index (χ4v) is 6.49. The van der Waals surface area contributed by atoms with Gasteiger partial charge in [-0.2, -0.15) is 0 Å². The SMILES string of the molecule is O=C1CC2C(c3ccc(Br)cc3)C3C(=O)c4ccccc4NC(=O)C3C2(O)c2ccccc2N1. The van der Waals surface area contributed by atoms with Crippen LogP contribution in [-0.4, -0.2) is 22.7 Å². The highest BCUT2D eigenvalue weighted by molar-refractivity contribution is 9.10. The third-order valence-electron chi connectivity index (χ3n) is 7.55. The van der Waals surface area contributed by atoms with Gasteiger partial charge in [-0.3, -0.25) is 14.4 Å². The maximum Gasteiger partial charge on any atom is 0.231 e. The summed E-state index contributed by atoms with van der Waals surface area (Å²) in [5.74, 6) is -3.98. The molecule has 3 aliphatic rings. The van der Waals surface area contributed by atoms with E-state index in [1.54, 1.807) is 48.5 Å². The summed E-state index contributed by atoms with van der Waals surface area (Å²) in [4.78, 5) is 40.8. The van der Waals surface area contributed by atoms with Crippen LogP contribution in [0.1, 0.15) is 33.8 Å². The molecule has 170 valence electrons. The van der Waals surface area contributed by atoms with Crippen LogP contribution in [0.15, 0.2) is 77.3 Å². The minimum atomic E-state index is -1.72. The van der Waals surface area contributed by atoms with Crippen molar-refractivity contribution in [1.29, 1.82) is 0 Å². The molecule has 7 heteroatoms. The van der Waals surface area contributed by atoms with E-state index < -0.39 is 35.2 Å². The molecule has 3 aromatic rings. The first-order valence-electron chi connectivity index (χ1n) is 11.2. The van der Waals surface area contributed by atoms with Crippen molar-refractivity contribution in [2.45, 2.75) is 17.9 Å². The third-order valence-corrected chi connectivity index (χ3v) is 8.08. The summed E-state index contributed by atoms with van der Waals surface area (Å²) >= 11 is 3.46. The quantitative estimate of drug-likeness (QED) is 0.444. The van der Waals surface area contributed by atoms with Gasteiger partial charge in [-0.05, 0) is 35.9 Å². The van der Waals surface area contributed by atoms with E-state index in [4.69, 9.17) is 0 Å². The number of halogens is 1. The van der Waals surface area contributed by atoms with Crippen molar-refractivity contribution >= 4 is 44.9 Å². The van der Waals surface area contributed by atoms with Crippen molar-refractivity contribution in [2.75, 3.05) is 10.6 Å². The zero-order valence-electron chi connectivity index (χ0n) is 18.0. The molecule has 0 bridgehead atoms. The van der Waals surface area contributed by atoms with Crippen LogP contribution in [0.3, 0.4) is 0 Å². The number of nitrogens with one attached hydrogen (secondary N) is 2. The molecule has 3 N–H and O–H groups in total. The summed E-state index contributed by atoms with van der Waals surface area (Å²) in [5.41, 5.74) is 0.886. The highest BCUT2D eigenvalue weighted by Crippen LogP contribution is 2.62. The molecule has 0 aromatic heterocycles. The van der Waals surface area contributed by atoms with Gasteiger partial charge in [0.05, 0.1) is 11.6 Å². The van der Waals surface area contributed by atoms with Crippen LogP contribution in [0.25, 0.3) is 0 Å². The molecule has 0 spiro atoms. The fraction of sp³-hybridized carbons (Fsp3) is 0.222. The van der Waals surface area contributed by atoms with Crippen LogP contribution in [0.2, 0.25) is 0 Å². The maximum atomic E-state index is 14.1. The lowest BCUT2D eigenvalue weighted by Gasteiger charge is -2.35. The zero-order chi connectivity index (χ0) is 23.6. The minimum Gasteiger partial charge on any atom is -0.384 e. The number of hydrogen-bond acceptors (Lipinski definition) is 4. The number of aliphatic hydroxyl groups is 1. The molecule has 3 aromatic carbocycles. The minimum absolute atomic E-state index is 0.0128. The van der Waals surface area contributed by atoms with E-state index in [-0.39, 0.29) is 18.1 Å². The van der Waals surface area contributed by atoms with Crippen LogP contribution >= 0.6 is 15.9 Å². The summed E-state index contributed by atoms with van der Waals surface area (Å²) in [6, 6.07) is 21.5. The Kier molecular flexibility index (Phi) is 4.76. The monoisotopic (exact) mass is 516 g/mol. The molecule has 1 aliphatic carbocycles. The molecule has 34 heavy (non-hydrogen) atoms. The molecule has 5 atom stereocenters. The topological polar surface area (TPSA) is 95.5 Å². The number of anilines is 2. The van der Waals surface area contributed by atoms with E-state index in [0.717, 1.165) is 10.0 Å². The Bertz CT molecular complexity index is 1350. The van der Waals surface area contributed by atoms with Gasteiger partial charge in [0.15, 0.2) is 5.78 Å². The highest BCUT2D eigenvalue weighted by atomic mass is 79.9. The molecule has 6 rings (SSSR count). The van der Waals surface area contributed by atoms with Crippen molar-refractivity contribution in [2.24, 2.45) is 17.8 Å². The number of benzene rings is 3. The molecule has 0 saturated heterocycles. The Labute approximate surface area is 204 Å². The van der Waals surface area contributed by atoms with Gasteiger partial charge < -0.3 is 15.7 Å². The lowest BCUT2D eigenvalue weighted by atomic mass is 9.74. The second-order valence-corrected chi connectivity index (χ2v) is 10.1. The summed E-state index contributed by atoms with van der Waals surface area (Å²) < 4.78 is 0.875. The van der Waals surface area contributed by atoms with Gasteiger partial charge in [-0.1, -0.05) is 58.4 Å². The molecule has 2 aliphatic heterocycles. The van der Waals surface area contributed by atoms with Gasteiger partial charge in [-0.25, -0.2) is 0 Å². The van der Waals surface area contributed by atoms with Gasteiger partial charge in [0.25, 0.3) is 0 Å². The summed E-state index contributed by atoms with van der Waals surface area (Å²) in [5, 5.41) is 18.3. The van der Waals surface area contributed by atoms with Crippen LogP contribution in [0, 0.1) is 17.8 Å². The molecule has 1 fully saturated rings. The number of para-hydroxylation sites is 2. The number of hydrogen-bond donors (Lipinski definition) is 3. The van der Waals surface area contributed by atoms with Gasteiger partial charge in [0.1, 0.15) is 5.60 Å². The van der Waals surface area contributed by atoms with Crippen molar-refractivity contribution in [3.05, 3.63) is 94.0 Å². The molecule has 5 unspecified atom stereocenters. The summed E-state index contributed by atoms with van der Waals surface area (Å²) in [7, 11) is 0. The van der Waals surface area contributed by atoms with E-state index in [0.29, 0.717) is 22.5 Å². The number of Topliss-reactive ketones (excluding diaryl/α,β-unsaturated/α-hetero) is 1. The van der Waals surface area contributed by atoms with Crippen LogP contribution in [0.4, 0.5) is 11.4 Å². The Morgan fingerprint density at radius 2 is 1.50 bits per heavy atom. The Morgan fingerprint density at radius 3 is 2.26 bits per heavy atom.